The fourth-order valence-electron chi connectivity index (χ4n) is 4.06. The topological polar surface area (TPSA) is 40.8 Å². The van der Waals surface area contributed by atoms with Gasteiger partial charge in [-0.25, -0.2) is 0 Å². The van der Waals surface area contributed by atoms with Gasteiger partial charge in [0.2, 0.25) is 0 Å². The molecule has 0 atom stereocenters. The quantitative estimate of drug-likeness (QED) is 0.291. The minimum Gasteiger partial charge on any atom is -0.461 e. The number of rotatable bonds is 5. The highest BCUT2D eigenvalue weighted by molar-refractivity contribution is 7.68. The van der Waals surface area contributed by atoms with Gasteiger partial charge in [-0.1, -0.05) is 84.9 Å². The lowest BCUT2D eigenvalue weighted by Gasteiger charge is -2.19. The summed E-state index contributed by atoms with van der Waals surface area (Å²) in [4.78, 5) is 7.20. The van der Waals surface area contributed by atoms with E-state index < -0.39 is 8.15 Å². The van der Waals surface area contributed by atoms with Crippen LogP contribution < -0.4 is 15.4 Å². The van der Waals surface area contributed by atoms with Crippen LogP contribution in [0.5, 0.6) is 5.75 Å². The van der Waals surface area contributed by atoms with Crippen molar-refractivity contribution < 1.29 is 4.52 Å². The summed E-state index contributed by atoms with van der Waals surface area (Å²) in [5, 5.41) is 2.37. The standard InChI is InChI=1S/C28H21N2OP/c1-2-10-20(11-3-1)23-14-6-9-17-26(23)31-32(27-18-21-12-4-7-15-24(21)29-27)28-19-22-13-5-8-16-25(22)30-28/h1-19,29-30H. The Morgan fingerprint density at radius 3 is 1.69 bits per heavy atom. The van der Waals surface area contributed by atoms with E-state index in [1.54, 1.807) is 0 Å². The van der Waals surface area contributed by atoms with E-state index in [1.807, 2.05) is 12.1 Å². The average molecular weight is 432 g/mol. The highest BCUT2D eigenvalue weighted by atomic mass is 31.1. The van der Waals surface area contributed by atoms with Gasteiger partial charge in [0, 0.05) is 27.4 Å². The number of hydrogen-bond acceptors (Lipinski definition) is 1. The molecule has 3 nitrogen and oxygen atoms in total. The maximum atomic E-state index is 6.83. The lowest BCUT2D eigenvalue weighted by Crippen LogP contribution is -2.17. The van der Waals surface area contributed by atoms with Gasteiger partial charge in [0.15, 0.2) is 8.15 Å². The molecule has 2 heterocycles. The molecule has 0 aliphatic heterocycles. The normalized spacial score (nSPS) is 11.4. The summed E-state index contributed by atoms with van der Waals surface area (Å²) >= 11 is 0. The van der Waals surface area contributed by atoms with Crippen molar-refractivity contribution in [3.63, 3.8) is 0 Å². The predicted molar refractivity (Wildman–Crippen MR) is 135 cm³/mol. The zero-order valence-electron chi connectivity index (χ0n) is 17.3. The molecule has 6 rings (SSSR count). The first-order chi connectivity index (χ1) is 15.8. The lowest BCUT2D eigenvalue weighted by atomic mass is 10.1. The average Bonchev–Trinajstić information content (AvgIpc) is 3.47. The molecular weight excluding hydrogens is 411 g/mol. The molecule has 0 amide bonds. The SMILES string of the molecule is c1ccc(-c2ccccc2OP(c2cc3ccccc3[nH]2)c2cc3ccccc3[nH]2)cc1. The van der Waals surface area contributed by atoms with Crippen LogP contribution in [0.3, 0.4) is 0 Å². The molecule has 0 aliphatic rings. The number of para-hydroxylation sites is 3. The molecule has 2 N–H and O–H groups in total. The van der Waals surface area contributed by atoms with Crippen molar-refractivity contribution in [1.29, 1.82) is 0 Å². The van der Waals surface area contributed by atoms with E-state index in [9.17, 15) is 0 Å². The minimum atomic E-state index is -1.14. The van der Waals surface area contributed by atoms with E-state index in [0.717, 1.165) is 38.8 Å². The lowest BCUT2D eigenvalue weighted by molar-refractivity contribution is 0.631. The van der Waals surface area contributed by atoms with E-state index in [0.29, 0.717) is 0 Å². The summed E-state index contributed by atoms with van der Waals surface area (Å²) in [7, 11) is -1.14. The molecule has 0 saturated heterocycles. The van der Waals surface area contributed by atoms with Crippen LogP contribution >= 0.6 is 8.15 Å². The summed E-state index contributed by atoms with van der Waals surface area (Å²) in [6.07, 6.45) is 0. The van der Waals surface area contributed by atoms with Crippen LogP contribution in [0, 0.1) is 0 Å². The first-order valence-electron chi connectivity index (χ1n) is 10.6. The summed E-state index contributed by atoms with van der Waals surface area (Å²) in [6.45, 7) is 0. The molecule has 2 aromatic heterocycles. The number of aromatic nitrogens is 2. The van der Waals surface area contributed by atoms with Gasteiger partial charge in [0.25, 0.3) is 0 Å². The molecular formula is C28H21N2OP. The van der Waals surface area contributed by atoms with Crippen molar-refractivity contribution in [2.75, 3.05) is 0 Å². The number of aromatic amines is 2. The van der Waals surface area contributed by atoms with Gasteiger partial charge >= 0.3 is 0 Å². The van der Waals surface area contributed by atoms with E-state index in [2.05, 4.69) is 113 Å². The summed E-state index contributed by atoms with van der Waals surface area (Å²) in [5.41, 5.74) is 6.63. The first kappa shape index (κ1) is 18.9. The summed E-state index contributed by atoms with van der Waals surface area (Å²) in [5.74, 6) is 0.877. The zero-order valence-corrected chi connectivity index (χ0v) is 18.2. The molecule has 0 aliphatic carbocycles. The highest BCUT2D eigenvalue weighted by Gasteiger charge is 2.23. The van der Waals surface area contributed by atoms with Crippen LogP contribution in [0.15, 0.2) is 115 Å². The molecule has 0 saturated carbocycles. The van der Waals surface area contributed by atoms with Crippen LogP contribution in [0.4, 0.5) is 0 Å². The third-order valence-electron chi connectivity index (χ3n) is 5.63. The number of benzene rings is 4. The summed E-state index contributed by atoms with van der Waals surface area (Å²) in [6, 6.07) is 39.8. The second-order valence-electron chi connectivity index (χ2n) is 7.73. The Morgan fingerprint density at radius 1 is 0.531 bits per heavy atom. The molecule has 0 spiro atoms. The molecule has 4 heteroatoms. The van der Waals surface area contributed by atoms with Gasteiger partial charge in [0.1, 0.15) is 5.75 Å². The van der Waals surface area contributed by atoms with Crippen molar-refractivity contribution >= 4 is 40.8 Å². The Kier molecular flexibility index (Phi) is 4.75. The fourth-order valence-corrected chi connectivity index (χ4v) is 5.83. The van der Waals surface area contributed by atoms with Crippen LogP contribution in [0.2, 0.25) is 0 Å². The van der Waals surface area contributed by atoms with E-state index in [1.165, 1.54) is 10.8 Å². The first-order valence-corrected chi connectivity index (χ1v) is 11.9. The van der Waals surface area contributed by atoms with Crippen molar-refractivity contribution in [2.45, 2.75) is 0 Å². The van der Waals surface area contributed by atoms with Gasteiger partial charge in [-0.3, -0.25) is 0 Å². The number of nitrogens with one attached hydrogen (secondary N) is 2. The predicted octanol–water partition coefficient (Wildman–Crippen LogP) is 6.74. The van der Waals surface area contributed by atoms with E-state index in [4.69, 9.17) is 4.52 Å². The third-order valence-corrected chi connectivity index (χ3v) is 7.37. The van der Waals surface area contributed by atoms with Gasteiger partial charge < -0.3 is 14.5 Å². The second-order valence-corrected chi connectivity index (χ2v) is 9.47. The number of hydrogen-bond donors (Lipinski definition) is 2. The zero-order chi connectivity index (χ0) is 21.3. The van der Waals surface area contributed by atoms with Crippen molar-refractivity contribution in [3.05, 3.63) is 115 Å². The Morgan fingerprint density at radius 2 is 1.06 bits per heavy atom. The molecule has 4 aromatic carbocycles. The molecule has 0 radical (unpaired) electrons. The van der Waals surface area contributed by atoms with Crippen molar-refractivity contribution in [3.8, 4) is 16.9 Å². The van der Waals surface area contributed by atoms with E-state index >= 15 is 0 Å². The van der Waals surface area contributed by atoms with Gasteiger partial charge in [0.05, 0.1) is 10.9 Å². The third kappa shape index (κ3) is 3.47. The maximum absolute atomic E-state index is 6.83. The Balaban J connectivity index is 1.49. The molecule has 0 bridgehead atoms. The highest BCUT2D eigenvalue weighted by Crippen LogP contribution is 2.41. The fraction of sp³-hybridized carbons (Fsp3) is 0. The molecule has 6 aromatic rings. The van der Waals surface area contributed by atoms with Crippen molar-refractivity contribution in [1.82, 2.24) is 9.97 Å². The van der Waals surface area contributed by atoms with Crippen LogP contribution in [-0.4, -0.2) is 9.97 Å². The smallest absolute Gasteiger partial charge is 0.184 e. The molecule has 0 unspecified atom stereocenters. The largest absolute Gasteiger partial charge is 0.461 e. The number of fused-ring (bicyclic) bond motifs is 2. The minimum absolute atomic E-state index is 0.877. The maximum Gasteiger partial charge on any atom is 0.184 e. The van der Waals surface area contributed by atoms with Crippen LogP contribution in [0.1, 0.15) is 0 Å². The number of H-pyrrole nitrogens is 2. The van der Waals surface area contributed by atoms with Gasteiger partial charge in [-0.2, -0.15) is 0 Å². The molecule has 154 valence electrons. The molecule has 0 fully saturated rings. The monoisotopic (exact) mass is 432 g/mol. The Bertz CT molecular complexity index is 1380. The van der Waals surface area contributed by atoms with Crippen LogP contribution in [0.25, 0.3) is 32.9 Å². The van der Waals surface area contributed by atoms with Gasteiger partial charge in [-0.15, -0.1) is 0 Å². The summed E-state index contributed by atoms with van der Waals surface area (Å²) < 4.78 is 6.83. The molecule has 32 heavy (non-hydrogen) atoms. The Labute approximate surface area is 187 Å². The van der Waals surface area contributed by atoms with Gasteiger partial charge in [-0.05, 0) is 35.9 Å². The van der Waals surface area contributed by atoms with E-state index in [-0.39, 0.29) is 0 Å². The van der Waals surface area contributed by atoms with Crippen molar-refractivity contribution in [2.24, 2.45) is 0 Å². The van der Waals surface area contributed by atoms with Crippen LogP contribution in [-0.2, 0) is 0 Å². The Hall–Kier alpha value is -3.81. The second kappa shape index (κ2) is 8.03.